The van der Waals surface area contributed by atoms with Crippen molar-refractivity contribution in [3.63, 3.8) is 0 Å². The van der Waals surface area contributed by atoms with E-state index in [4.69, 9.17) is 17.3 Å². The van der Waals surface area contributed by atoms with Crippen LogP contribution in [0, 0.1) is 11.8 Å². The Morgan fingerprint density at radius 3 is 2.95 bits per heavy atom. The average molecular weight is 306 g/mol. The van der Waals surface area contributed by atoms with Crippen LogP contribution in [0.4, 0.5) is 0 Å². The van der Waals surface area contributed by atoms with E-state index in [9.17, 15) is 9.59 Å². The second kappa shape index (κ2) is 7.11. The van der Waals surface area contributed by atoms with Crippen LogP contribution in [0.2, 0.25) is 5.02 Å². The number of hydrogen-bond donors (Lipinski definition) is 2. The minimum Gasteiger partial charge on any atom is -0.354 e. The summed E-state index contributed by atoms with van der Waals surface area (Å²) >= 11 is 6.12. The quantitative estimate of drug-likeness (QED) is 0.747. The molecule has 1 heterocycles. The second-order valence-electron chi connectivity index (χ2n) is 4.59. The number of nitrogens with one attached hydrogen (secondary N) is 1. The molecule has 2 amide bonds. The molecular formula is C15H16ClN3O2. The van der Waals surface area contributed by atoms with E-state index >= 15 is 0 Å². The van der Waals surface area contributed by atoms with Gasteiger partial charge < -0.3 is 16.0 Å². The van der Waals surface area contributed by atoms with E-state index in [0.717, 1.165) is 0 Å². The lowest BCUT2D eigenvalue weighted by Crippen LogP contribution is -2.34. The number of carbonyl (C=O) groups is 2. The number of hydrogen-bond acceptors (Lipinski definition) is 3. The highest BCUT2D eigenvalue weighted by Crippen LogP contribution is 2.18. The van der Waals surface area contributed by atoms with Crippen molar-refractivity contribution in [1.29, 1.82) is 0 Å². The molecule has 21 heavy (non-hydrogen) atoms. The van der Waals surface area contributed by atoms with Gasteiger partial charge in [-0.05, 0) is 18.2 Å². The third kappa shape index (κ3) is 3.97. The second-order valence-corrected chi connectivity index (χ2v) is 5.00. The first-order valence-electron chi connectivity index (χ1n) is 6.66. The van der Waals surface area contributed by atoms with Crippen molar-refractivity contribution >= 4 is 23.4 Å². The summed E-state index contributed by atoms with van der Waals surface area (Å²) in [6, 6.07) is 5.00. The van der Waals surface area contributed by atoms with Crippen LogP contribution in [0.5, 0.6) is 0 Å². The van der Waals surface area contributed by atoms with Crippen LogP contribution in [0.25, 0.3) is 0 Å². The van der Waals surface area contributed by atoms with Crippen molar-refractivity contribution in [2.45, 2.75) is 6.42 Å². The lowest BCUT2D eigenvalue weighted by Gasteiger charge is -2.19. The lowest BCUT2D eigenvalue weighted by molar-refractivity contribution is -0.120. The number of nitrogens with two attached hydrogens (primary N) is 1. The Kier molecular flexibility index (Phi) is 5.20. The molecule has 0 unspecified atom stereocenters. The summed E-state index contributed by atoms with van der Waals surface area (Å²) < 4.78 is 0. The normalized spacial score (nSPS) is 14.8. The molecule has 2 rings (SSSR count). The fraction of sp³-hybridized carbons (Fsp3) is 0.333. The van der Waals surface area contributed by atoms with Crippen LogP contribution in [0.15, 0.2) is 18.2 Å². The maximum Gasteiger partial charge on any atom is 0.253 e. The predicted octanol–water partition coefficient (Wildman–Crippen LogP) is 0.612. The molecule has 1 saturated heterocycles. The molecule has 0 bridgehead atoms. The fourth-order valence-electron chi connectivity index (χ4n) is 2.05. The molecule has 0 aromatic heterocycles. The highest BCUT2D eigenvalue weighted by Gasteiger charge is 2.20. The van der Waals surface area contributed by atoms with E-state index in [-0.39, 0.29) is 18.4 Å². The zero-order valence-electron chi connectivity index (χ0n) is 11.5. The van der Waals surface area contributed by atoms with Crippen molar-refractivity contribution in [1.82, 2.24) is 10.2 Å². The van der Waals surface area contributed by atoms with E-state index in [2.05, 4.69) is 17.2 Å². The van der Waals surface area contributed by atoms with Gasteiger partial charge in [-0.25, -0.2) is 0 Å². The summed E-state index contributed by atoms with van der Waals surface area (Å²) in [6.07, 6.45) is 0.319. The van der Waals surface area contributed by atoms with Gasteiger partial charge in [-0.15, -0.1) is 0 Å². The van der Waals surface area contributed by atoms with Crippen molar-refractivity contribution in [2.24, 2.45) is 5.73 Å². The Morgan fingerprint density at radius 1 is 1.43 bits per heavy atom. The summed E-state index contributed by atoms with van der Waals surface area (Å²) in [5.74, 6) is 5.41. The van der Waals surface area contributed by atoms with Crippen molar-refractivity contribution in [3.8, 4) is 11.8 Å². The van der Waals surface area contributed by atoms with E-state index in [1.54, 1.807) is 23.1 Å². The van der Waals surface area contributed by atoms with Crippen molar-refractivity contribution < 1.29 is 9.59 Å². The summed E-state index contributed by atoms with van der Waals surface area (Å²) in [6.45, 7) is 1.64. The number of benzene rings is 1. The molecule has 0 spiro atoms. The van der Waals surface area contributed by atoms with Crippen LogP contribution in [0.1, 0.15) is 22.3 Å². The molecule has 5 nitrogen and oxygen atoms in total. The van der Waals surface area contributed by atoms with Crippen LogP contribution in [-0.4, -0.2) is 42.9 Å². The van der Waals surface area contributed by atoms with Crippen LogP contribution in [0.3, 0.4) is 0 Å². The molecular weight excluding hydrogens is 290 g/mol. The average Bonchev–Trinajstić information content (AvgIpc) is 2.70. The molecule has 0 saturated carbocycles. The van der Waals surface area contributed by atoms with Gasteiger partial charge in [0.1, 0.15) is 0 Å². The van der Waals surface area contributed by atoms with Gasteiger partial charge in [0.15, 0.2) is 0 Å². The van der Waals surface area contributed by atoms with Gasteiger partial charge in [-0.2, -0.15) is 0 Å². The molecule has 110 valence electrons. The van der Waals surface area contributed by atoms with Gasteiger partial charge >= 0.3 is 0 Å². The third-order valence-corrected chi connectivity index (χ3v) is 3.45. The maximum atomic E-state index is 12.4. The first-order chi connectivity index (χ1) is 10.1. The smallest absolute Gasteiger partial charge is 0.253 e. The molecule has 1 aliphatic rings. The van der Waals surface area contributed by atoms with Gasteiger partial charge in [0.25, 0.3) is 5.91 Å². The highest BCUT2D eigenvalue weighted by atomic mass is 35.5. The molecule has 1 aromatic carbocycles. The first kappa shape index (κ1) is 15.4. The zero-order valence-corrected chi connectivity index (χ0v) is 12.2. The minimum absolute atomic E-state index is 0.0317. The molecule has 1 fully saturated rings. The Balaban J connectivity index is 2.15. The standard InChI is InChI=1S/C15H16ClN3O2/c16-13-10-12(4-3-11(13)2-1-6-17)15(21)19-8-5-14(20)18-7-9-19/h3-4,10H,5-9,17H2,(H,18,20). The lowest BCUT2D eigenvalue weighted by atomic mass is 10.1. The minimum atomic E-state index is -0.133. The zero-order chi connectivity index (χ0) is 15.2. The van der Waals surface area contributed by atoms with Gasteiger partial charge in [-0.3, -0.25) is 9.59 Å². The monoisotopic (exact) mass is 305 g/mol. The fourth-order valence-corrected chi connectivity index (χ4v) is 2.28. The molecule has 0 radical (unpaired) electrons. The van der Waals surface area contributed by atoms with Crippen molar-refractivity contribution in [2.75, 3.05) is 26.2 Å². The van der Waals surface area contributed by atoms with Crippen molar-refractivity contribution in [3.05, 3.63) is 34.3 Å². The summed E-state index contributed by atoms with van der Waals surface area (Å²) in [4.78, 5) is 25.3. The highest BCUT2D eigenvalue weighted by molar-refractivity contribution is 6.32. The first-order valence-corrected chi connectivity index (χ1v) is 7.04. The van der Waals surface area contributed by atoms with E-state index in [0.29, 0.717) is 42.2 Å². The van der Waals surface area contributed by atoms with E-state index in [1.165, 1.54) is 0 Å². The number of nitrogens with zero attached hydrogens (tertiary/aromatic N) is 1. The number of carbonyl (C=O) groups excluding carboxylic acids is 2. The largest absolute Gasteiger partial charge is 0.354 e. The van der Waals surface area contributed by atoms with Crippen LogP contribution >= 0.6 is 11.6 Å². The summed E-state index contributed by atoms with van der Waals surface area (Å²) in [5, 5.41) is 3.16. The van der Waals surface area contributed by atoms with E-state index < -0.39 is 0 Å². The number of rotatable bonds is 1. The van der Waals surface area contributed by atoms with E-state index in [1.807, 2.05) is 0 Å². The van der Waals surface area contributed by atoms with Gasteiger partial charge in [0.2, 0.25) is 5.91 Å². The molecule has 3 N–H and O–H groups in total. The number of amides is 2. The Morgan fingerprint density at radius 2 is 2.24 bits per heavy atom. The van der Waals surface area contributed by atoms with Gasteiger partial charge in [0.05, 0.1) is 11.6 Å². The summed E-state index contributed by atoms with van der Waals surface area (Å²) in [5.41, 5.74) is 6.46. The maximum absolute atomic E-state index is 12.4. The van der Waals surface area contributed by atoms with Crippen LogP contribution in [-0.2, 0) is 4.79 Å². The Labute approximate surface area is 128 Å². The third-order valence-electron chi connectivity index (χ3n) is 3.14. The van der Waals surface area contributed by atoms with Gasteiger partial charge in [0, 0.05) is 37.2 Å². The van der Waals surface area contributed by atoms with Crippen LogP contribution < -0.4 is 11.1 Å². The topological polar surface area (TPSA) is 75.4 Å². The summed E-state index contributed by atoms with van der Waals surface area (Å²) in [7, 11) is 0. The predicted molar refractivity (Wildman–Crippen MR) is 80.9 cm³/mol. The molecule has 6 heteroatoms. The molecule has 1 aliphatic heterocycles. The Bertz CT molecular complexity index is 619. The molecule has 0 atom stereocenters. The Hall–Kier alpha value is -2.03. The SMILES string of the molecule is NCC#Cc1ccc(C(=O)N2CCNC(=O)CC2)cc1Cl. The van der Waals surface area contributed by atoms with Gasteiger partial charge in [-0.1, -0.05) is 23.4 Å². The number of halogens is 1. The molecule has 0 aliphatic carbocycles. The molecule has 1 aromatic rings.